The molecule has 1 fully saturated rings. The van der Waals surface area contributed by atoms with Crippen LogP contribution in [-0.4, -0.2) is 37.0 Å². The van der Waals surface area contributed by atoms with Gasteiger partial charge in [-0.2, -0.15) is 0 Å². The van der Waals surface area contributed by atoms with Crippen molar-refractivity contribution in [2.45, 2.75) is 13.5 Å². The Morgan fingerprint density at radius 3 is 2.45 bits per heavy atom. The Morgan fingerprint density at radius 1 is 1.00 bits per heavy atom. The number of anilines is 1. The molecule has 1 amide bonds. The molecule has 1 saturated heterocycles. The van der Waals surface area contributed by atoms with Crippen molar-refractivity contribution >= 4 is 23.2 Å². The maximum absolute atomic E-state index is 12.8. The standard InChI is InChI=1S/C23H23ClN2O3/c1-17-4-2-3-5-21(17)28-16-20-10-11-22(29-20)23(27)26-14-12-25(13-15-26)19-8-6-18(24)7-9-19/h2-11H,12-16H2,1H3. The normalized spacial score (nSPS) is 14.1. The molecule has 29 heavy (non-hydrogen) atoms. The van der Waals surface area contributed by atoms with Gasteiger partial charge in [0.2, 0.25) is 0 Å². The number of carbonyl (C=O) groups excluding carboxylic acids is 1. The van der Waals surface area contributed by atoms with Crippen LogP contribution < -0.4 is 9.64 Å². The number of nitrogens with zero attached hydrogens (tertiary/aromatic N) is 2. The summed E-state index contributed by atoms with van der Waals surface area (Å²) in [7, 11) is 0. The average molecular weight is 411 g/mol. The lowest BCUT2D eigenvalue weighted by molar-refractivity contribution is 0.0710. The number of rotatable bonds is 5. The molecular formula is C23H23ClN2O3. The summed E-state index contributed by atoms with van der Waals surface area (Å²) < 4.78 is 11.5. The molecule has 2 heterocycles. The number of piperazine rings is 1. The lowest BCUT2D eigenvalue weighted by Crippen LogP contribution is -2.48. The Kier molecular flexibility index (Phi) is 5.76. The highest BCUT2D eigenvalue weighted by Crippen LogP contribution is 2.21. The number of hydrogen-bond donors (Lipinski definition) is 0. The maximum Gasteiger partial charge on any atom is 0.289 e. The van der Waals surface area contributed by atoms with E-state index in [1.807, 2.05) is 60.4 Å². The third-order valence-electron chi connectivity index (χ3n) is 5.09. The highest BCUT2D eigenvalue weighted by molar-refractivity contribution is 6.30. The van der Waals surface area contributed by atoms with Crippen molar-refractivity contribution in [2.75, 3.05) is 31.1 Å². The lowest BCUT2D eigenvalue weighted by Gasteiger charge is -2.35. The van der Waals surface area contributed by atoms with Crippen LogP contribution in [0, 0.1) is 6.92 Å². The summed E-state index contributed by atoms with van der Waals surface area (Å²) >= 11 is 5.96. The van der Waals surface area contributed by atoms with Gasteiger partial charge in [-0.05, 0) is 55.0 Å². The van der Waals surface area contributed by atoms with E-state index in [0.717, 1.165) is 35.1 Å². The third-order valence-corrected chi connectivity index (χ3v) is 5.35. The van der Waals surface area contributed by atoms with Crippen LogP contribution in [0.2, 0.25) is 5.02 Å². The van der Waals surface area contributed by atoms with E-state index in [4.69, 9.17) is 20.8 Å². The van der Waals surface area contributed by atoms with Gasteiger partial charge in [0.25, 0.3) is 5.91 Å². The van der Waals surface area contributed by atoms with E-state index in [0.29, 0.717) is 31.2 Å². The number of carbonyl (C=O) groups is 1. The Labute approximate surface area is 175 Å². The van der Waals surface area contributed by atoms with E-state index in [9.17, 15) is 4.79 Å². The zero-order valence-corrected chi connectivity index (χ0v) is 17.1. The first-order chi connectivity index (χ1) is 14.1. The van der Waals surface area contributed by atoms with Crippen molar-refractivity contribution in [2.24, 2.45) is 0 Å². The van der Waals surface area contributed by atoms with Gasteiger partial charge in [-0.15, -0.1) is 0 Å². The zero-order valence-electron chi connectivity index (χ0n) is 16.3. The summed E-state index contributed by atoms with van der Waals surface area (Å²) in [6.45, 7) is 5.14. The molecule has 0 unspecified atom stereocenters. The van der Waals surface area contributed by atoms with E-state index in [1.165, 1.54) is 0 Å². The third kappa shape index (κ3) is 4.57. The first kappa shape index (κ1) is 19.4. The Bertz CT molecular complexity index is 976. The first-order valence-corrected chi connectivity index (χ1v) is 10.0. The number of halogens is 1. The maximum atomic E-state index is 12.8. The monoisotopic (exact) mass is 410 g/mol. The fourth-order valence-corrected chi connectivity index (χ4v) is 3.54. The molecule has 0 saturated carbocycles. The van der Waals surface area contributed by atoms with Crippen LogP contribution in [0.5, 0.6) is 5.75 Å². The summed E-state index contributed by atoms with van der Waals surface area (Å²) in [6, 6.07) is 19.1. The van der Waals surface area contributed by atoms with Crippen LogP contribution in [-0.2, 0) is 6.61 Å². The quantitative estimate of drug-likeness (QED) is 0.607. The second-order valence-corrected chi connectivity index (χ2v) is 7.51. The van der Waals surface area contributed by atoms with Crippen LogP contribution >= 0.6 is 11.6 Å². The van der Waals surface area contributed by atoms with E-state index in [2.05, 4.69) is 4.90 Å². The van der Waals surface area contributed by atoms with Gasteiger partial charge in [-0.1, -0.05) is 29.8 Å². The minimum Gasteiger partial charge on any atom is -0.485 e. The first-order valence-electron chi connectivity index (χ1n) is 9.67. The summed E-state index contributed by atoms with van der Waals surface area (Å²) in [5, 5.41) is 0.725. The molecule has 0 N–H and O–H groups in total. The Morgan fingerprint density at radius 2 is 1.72 bits per heavy atom. The molecule has 1 aromatic heterocycles. The van der Waals surface area contributed by atoms with Crippen LogP contribution in [0.3, 0.4) is 0 Å². The molecule has 0 bridgehead atoms. The molecule has 0 aliphatic carbocycles. The van der Waals surface area contributed by atoms with E-state index in [1.54, 1.807) is 12.1 Å². The second kappa shape index (κ2) is 8.62. The molecule has 0 radical (unpaired) electrons. The molecular weight excluding hydrogens is 388 g/mol. The van der Waals surface area contributed by atoms with Gasteiger partial charge in [0.1, 0.15) is 18.1 Å². The Balaban J connectivity index is 1.32. The summed E-state index contributed by atoms with van der Waals surface area (Å²) in [5.74, 6) is 1.72. The second-order valence-electron chi connectivity index (χ2n) is 7.08. The largest absolute Gasteiger partial charge is 0.485 e. The SMILES string of the molecule is Cc1ccccc1OCc1ccc(C(=O)N2CCN(c3ccc(Cl)cc3)CC2)o1. The number of ether oxygens (including phenoxy) is 1. The van der Waals surface area contributed by atoms with Crippen LogP contribution in [0.25, 0.3) is 0 Å². The van der Waals surface area contributed by atoms with Gasteiger partial charge in [0, 0.05) is 36.9 Å². The number of amides is 1. The van der Waals surface area contributed by atoms with Crippen molar-refractivity contribution in [3.63, 3.8) is 0 Å². The topological polar surface area (TPSA) is 45.9 Å². The molecule has 1 aliphatic heterocycles. The predicted octanol–water partition coefficient (Wildman–Crippen LogP) is 4.78. The molecule has 150 valence electrons. The van der Waals surface area contributed by atoms with Crippen LogP contribution in [0.1, 0.15) is 21.9 Å². The fourth-order valence-electron chi connectivity index (χ4n) is 3.41. The van der Waals surface area contributed by atoms with Crippen molar-refractivity contribution in [3.8, 4) is 5.75 Å². The van der Waals surface area contributed by atoms with Gasteiger partial charge in [-0.3, -0.25) is 4.79 Å². The lowest BCUT2D eigenvalue weighted by atomic mass is 10.2. The zero-order chi connectivity index (χ0) is 20.2. The molecule has 0 atom stereocenters. The van der Waals surface area contributed by atoms with Crippen molar-refractivity contribution < 1.29 is 13.9 Å². The number of aryl methyl sites for hydroxylation is 1. The molecule has 1 aliphatic rings. The van der Waals surface area contributed by atoms with E-state index >= 15 is 0 Å². The van der Waals surface area contributed by atoms with Gasteiger partial charge >= 0.3 is 0 Å². The van der Waals surface area contributed by atoms with E-state index < -0.39 is 0 Å². The van der Waals surface area contributed by atoms with Crippen molar-refractivity contribution in [3.05, 3.63) is 82.8 Å². The highest BCUT2D eigenvalue weighted by atomic mass is 35.5. The highest BCUT2D eigenvalue weighted by Gasteiger charge is 2.24. The summed E-state index contributed by atoms with van der Waals surface area (Å²) in [5.41, 5.74) is 2.18. The number of furan rings is 1. The van der Waals surface area contributed by atoms with Crippen molar-refractivity contribution in [1.82, 2.24) is 4.90 Å². The minimum absolute atomic E-state index is 0.0807. The molecule has 2 aromatic carbocycles. The van der Waals surface area contributed by atoms with Crippen molar-refractivity contribution in [1.29, 1.82) is 0 Å². The molecule has 0 spiro atoms. The van der Waals surface area contributed by atoms with Gasteiger partial charge in [0.15, 0.2) is 5.76 Å². The molecule has 5 nitrogen and oxygen atoms in total. The number of hydrogen-bond acceptors (Lipinski definition) is 4. The number of para-hydroxylation sites is 1. The van der Waals surface area contributed by atoms with Gasteiger partial charge < -0.3 is 19.0 Å². The molecule has 4 rings (SSSR count). The predicted molar refractivity (Wildman–Crippen MR) is 114 cm³/mol. The minimum atomic E-state index is -0.0807. The summed E-state index contributed by atoms with van der Waals surface area (Å²) in [6.07, 6.45) is 0. The van der Waals surface area contributed by atoms with Gasteiger partial charge in [-0.25, -0.2) is 0 Å². The van der Waals surface area contributed by atoms with Crippen LogP contribution in [0.15, 0.2) is 65.1 Å². The van der Waals surface area contributed by atoms with Gasteiger partial charge in [0.05, 0.1) is 0 Å². The number of benzene rings is 2. The Hall–Kier alpha value is -2.92. The summed E-state index contributed by atoms with van der Waals surface area (Å²) in [4.78, 5) is 16.9. The fraction of sp³-hybridized carbons (Fsp3) is 0.261. The molecule has 6 heteroatoms. The van der Waals surface area contributed by atoms with Crippen LogP contribution in [0.4, 0.5) is 5.69 Å². The van der Waals surface area contributed by atoms with E-state index in [-0.39, 0.29) is 5.91 Å². The smallest absolute Gasteiger partial charge is 0.289 e. The average Bonchev–Trinajstić information content (AvgIpc) is 3.22. The molecule has 3 aromatic rings.